The molecule has 3 heteroatoms. The number of nitrogens with two attached hydrogens (primary N) is 1. The molecule has 0 amide bonds. The molecule has 0 aliphatic rings. The molecule has 0 bridgehead atoms. The van der Waals surface area contributed by atoms with Crippen molar-refractivity contribution in [2.45, 2.75) is 20.3 Å². The first-order chi connectivity index (χ1) is 6.59. The summed E-state index contributed by atoms with van der Waals surface area (Å²) in [6.07, 6.45) is 0.835. The number of nitrogens with zero attached hydrogens (tertiary/aromatic N) is 1. The van der Waals surface area contributed by atoms with Gasteiger partial charge >= 0.3 is 0 Å². The van der Waals surface area contributed by atoms with Crippen molar-refractivity contribution >= 4 is 27.5 Å². The second-order valence-corrected chi connectivity index (χ2v) is 4.51. The van der Waals surface area contributed by atoms with Gasteiger partial charge in [0.15, 0.2) is 0 Å². The van der Waals surface area contributed by atoms with E-state index in [1.54, 1.807) is 0 Å². The van der Waals surface area contributed by atoms with Gasteiger partial charge in [-0.2, -0.15) is 0 Å². The van der Waals surface area contributed by atoms with Crippen LogP contribution in [0.15, 0.2) is 33.7 Å². The zero-order valence-corrected chi connectivity index (χ0v) is 10.1. The first kappa shape index (κ1) is 11.2. The van der Waals surface area contributed by atoms with E-state index in [1.165, 1.54) is 0 Å². The summed E-state index contributed by atoms with van der Waals surface area (Å²) in [6, 6.07) is 7.81. The van der Waals surface area contributed by atoms with E-state index in [2.05, 4.69) is 34.8 Å². The van der Waals surface area contributed by atoms with Crippen LogP contribution in [0, 0.1) is 5.92 Å². The lowest BCUT2D eigenvalue weighted by Gasteiger charge is -2.04. The van der Waals surface area contributed by atoms with Crippen LogP contribution in [0.3, 0.4) is 0 Å². The number of hydrogen-bond acceptors (Lipinski definition) is 1. The van der Waals surface area contributed by atoms with Crippen LogP contribution in [0.4, 0.5) is 5.69 Å². The van der Waals surface area contributed by atoms with Gasteiger partial charge in [-0.25, -0.2) is 4.99 Å². The molecular weight excluding hydrogens is 240 g/mol. The highest BCUT2D eigenvalue weighted by Crippen LogP contribution is 2.24. The Bertz CT molecular complexity index is 332. The minimum Gasteiger partial charge on any atom is -0.387 e. The van der Waals surface area contributed by atoms with Crippen molar-refractivity contribution < 1.29 is 0 Å². The Labute approximate surface area is 93.4 Å². The second-order valence-electron chi connectivity index (χ2n) is 3.65. The molecule has 0 saturated heterocycles. The maximum Gasteiger partial charge on any atom is 0.0999 e. The molecule has 0 unspecified atom stereocenters. The molecule has 1 rings (SSSR count). The van der Waals surface area contributed by atoms with E-state index in [0.29, 0.717) is 11.8 Å². The predicted octanol–water partition coefficient (Wildman–Crippen LogP) is 3.48. The molecule has 2 nitrogen and oxygen atoms in total. The lowest BCUT2D eigenvalue weighted by atomic mass is 10.1. The van der Waals surface area contributed by atoms with Crippen molar-refractivity contribution in [3.63, 3.8) is 0 Å². The van der Waals surface area contributed by atoms with E-state index in [1.807, 2.05) is 24.3 Å². The second kappa shape index (κ2) is 5.15. The van der Waals surface area contributed by atoms with Crippen molar-refractivity contribution in [3.05, 3.63) is 28.7 Å². The molecule has 76 valence electrons. The van der Waals surface area contributed by atoms with Crippen molar-refractivity contribution in [2.75, 3.05) is 0 Å². The first-order valence-electron chi connectivity index (χ1n) is 4.67. The van der Waals surface area contributed by atoms with E-state index in [4.69, 9.17) is 5.73 Å². The van der Waals surface area contributed by atoms with Crippen LogP contribution >= 0.6 is 15.9 Å². The molecule has 0 saturated carbocycles. The Morgan fingerprint density at radius 3 is 2.64 bits per heavy atom. The Kier molecular flexibility index (Phi) is 4.14. The maximum atomic E-state index is 5.80. The van der Waals surface area contributed by atoms with Crippen LogP contribution in [-0.4, -0.2) is 5.84 Å². The van der Waals surface area contributed by atoms with Gasteiger partial charge < -0.3 is 5.73 Å². The Balaban J connectivity index is 2.81. The van der Waals surface area contributed by atoms with Gasteiger partial charge in [-0.1, -0.05) is 26.0 Å². The summed E-state index contributed by atoms with van der Waals surface area (Å²) in [5.74, 6) is 1.23. The molecule has 0 fully saturated rings. The van der Waals surface area contributed by atoms with Crippen LogP contribution in [0.2, 0.25) is 0 Å². The van der Waals surface area contributed by atoms with Crippen LogP contribution in [0.5, 0.6) is 0 Å². The number of para-hydroxylation sites is 1. The molecule has 0 aliphatic carbocycles. The summed E-state index contributed by atoms with van der Waals surface area (Å²) < 4.78 is 0.978. The van der Waals surface area contributed by atoms with Crippen molar-refractivity contribution in [2.24, 2.45) is 16.6 Å². The fourth-order valence-electron chi connectivity index (χ4n) is 1.16. The molecule has 1 aromatic carbocycles. The van der Waals surface area contributed by atoms with Crippen molar-refractivity contribution in [3.8, 4) is 0 Å². The molecule has 0 radical (unpaired) electrons. The number of aliphatic imine (C=N–C) groups is 1. The summed E-state index contributed by atoms with van der Waals surface area (Å²) >= 11 is 3.43. The Morgan fingerprint density at radius 1 is 1.43 bits per heavy atom. The third-order valence-corrected chi connectivity index (χ3v) is 2.40. The average molecular weight is 255 g/mol. The lowest BCUT2D eigenvalue weighted by Crippen LogP contribution is -2.13. The monoisotopic (exact) mass is 254 g/mol. The van der Waals surface area contributed by atoms with Gasteiger partial charge in [0.25, 0.3) is 0 Å². The zero-order valence-electron chi connectivity index (χ0n) is 8.50. The van der Waals surface area contributed by atoms with Crippen molar-refractivity contribution in [1.82, 2.24) is 0 Å². The minimum atomic E-state index is 0.543. The van der Waals surface area contributed by atoms with Gasteiger partial charge in [-0.05, 0) is 34.0 Å². The van der Waals surface area contributed by atoms with Gasteiger partial charge in [-0.15, -0.1) is 0 Å². The molecule has 0 spiro atoms. The third kappa shape index (κ3) is 3.50. The largest absolute Gasteiger partial charge is 0.387 e. The Hall–Kier alpha value is -0.830. The molecular formula is C11H15BrN2. The molecule has 0 aromatic heterocycles. The van der Waals surface area contributed by atoms with Gasteiger partial charge in [0.1, 0.15) is 0 Å². The van der Waals surface area contributed by atoms with Crippen molar-refractivity contribution in [1.29, 1.82) is 0 Å². The SMILES string of the molecule is CC(C)CC(N)=Nc1ccccc1Br. The summed E-state index contributed by atoms with van der Waals surface area (Å²) in [7, 11) is 0. The van der Waals surface area contributed by atoms with E-state index in [0.717, 1.165) is 16.6 Å². The third-order valence-electron chi connectivity index (χ3n) is 1.73. The normalized spacial score (nSPS) is 12.1. The summed E-state index contributed by atoms with van der Waals surface area (Å²) in [6.45, 7) is 4.25. The number of amidine groups is 1. The molecule has 0 aliphatic heterocycles. The number of halogens is 1. The van der Waals surface area contributed by atoms with E-state index in [-0.39, 0.29) is 0 Å². The van der Waals surface area contributed by atoms with Crippen LogP contribution in [0.25, 0.3) is 0 Å². The zero-order chi connectivity index (χ0) is 10.6. The number of benzene rings is 1. The minimum absolute atomic E-state index is 0.543. The first-order valence-corrected chi connectivity index (χ1v) is 5.46. The predicted molar refractivity (Wildman–Crippen MR) is 64.9 cm³/mol. The smallest absolute Gasteiger partial charge is 0.0999 e. The highest BCUT2D eigenvalue weighted by Gasteiger charge is 2.00. The number of hydrogen-bond donors (Lipinski definition) is 1. The van der Waals surface area contributed by atoms with Gasteiger partial charge in [-0.3, -0.25) is 0 Å². The fraction of sp³-hybridized carbons (Fsp3) is 0.364. The van der Waals surface area contributed by atoms with Gasteiger partial charge in [0, 0.05) is 10.9 Å². The Morgan fingerprint density at radius 2 is 2.07 bits per heavy atom. The molecule has 2 N–H and O–H groups in total. The van der Waals surface area contributed by atoms with Gasteiger partial charge in [0.2, 0.25) is 0 Å². The van der Waals surface area contributed by atoms with Crippen LogP contribution < -0.4 is 5.73 Å². The molecule has 14 heavy (non-hydrogen) atoms. The van der Waals surface area contributed by atoms with Crippen LogP contribution in [0.1, 0.15) is 20.3 Å². The lowest BCUT2D eigenvalue weighted by molar-refractivity contribution is 0.681. The maximum absolute atomic E-state index is 5.80. The van der Waals surface area contributed by atoms with Gasteiger partial charge in [0.05, 0.1) is 11.5 Å². The average Bonchev–Trinajstić information content (AvgIpc) is 2.07. The topological polar surface area (TPSA) is 38.4 Å². The molecule has 0 atom stereocenters. The van der Waals surface area contributed by atoms with E-state index < -0.39 is 0 Å². The number of rotatable bonds is 3. The summed E-state index contributed by atoms with van der Waals surface area (Å²) in [5.41, 5.74) is 6.70. The van der Waals surface area contributed by atoms with Crippen LogP contribution in [-0.2, 0) is 0 Å². The van der Waals surface area contributed by atoms with E-state index in [9.17, 15) is 0 Å². The summed E-state index contributed by atoms with van der Waals surface area (Å²) in [4.78, 5) is 4.35. The van der Waals surface area contributed by atoms with E-state index >= 15 is 0 Å². The summed E-state index contributed by atoms with van der Waals surface area (Å²) in [5, 5.41) is 0. The molecule has 1 aromatic rings. The fourth-order valence-corrected chi connectivity index (χ4v) is 1.53. The standard InChI is InChI=1S/C11H15BrN2/c1-8(2)7-11(13)14-10-6-4-3-5-9(10)12/h3-6,8H,7H2,1-2H3,(H2,13,14). The molecule has 0 heterocycles. The highest BCUT2D eigenvalue weighted by atomic mass is 79.9. The quantitative estimate of drug-likeness (QED) is 0.651. The highest BCUT2D eigenvalue weighted by molar-refractivity contribution is 9.10.